The largest absolute Gasteiger partial charge is 0.350 e. The third-order valence-electron chi connectivity index (χ3n) is 2.39. The smallest absolute Gasteiger partial charge is 0.162 e. The molecule has 0 spiro atoms. The van der Waals surface area contributed by atoms with Gasteiger partial charge >= 0.3 is 0 Å². The van der Waals surface area contributed by atoms with Gasteiger partial charge in [0.2, 0.25) is 0 Å². The highest BCUT2D eigenvalue weighted by Crippen LogP contribution is 2.31. The van der Waals surface area contributed by atoms with Gasteiger partial charge in [-0.2, -0.15) is 0 Å². The second kappa shape index (κ2) is 2.76. The van der Waals surface area contributed by atoms with Crippen molar-refractivity contribution in [2.24, 2.45) is 5.41 Å². The zero-order valence-corrected chi connectivity index (χ0v) is 7.94. The summed E-state index contributed by atoms with van der Waals surface area (Å²) in [5, 5.41) is 0. The Morgan fingerprint density at radius 2 is 1.55 bits per heavy atom. The number of hydrogen-bond acceptors (Lipinski definition) is 2. The standard InChI is InChI=1S/C9H18O2/c1-5-9(4)6-10-8(2,3)11-7-9/h5-7H2,1-4H3. The SMILES string of the molecule is CCC1(C)COC(C)(C)OC1. The molecule has 1 fully saturated rings. The summed E-state index contributed by atoms with van der Waals surface area (Å²) in [5.41, 5.74) is 0.232. The Bertz CT molecular complexity index is 130. The van der Waals surface area contributed by atoms with E-state index in [1.54, 1.807) is 0 Å². The highest BCUT2D eigenvalue weighted by atomic mass is 16.7. The Balaban J connectivity index is 2.48. The van der Waals surface area contributed by atoms with E-state index in [1.807, 2.05) is 13.8 Å². The van der Waals surface area contributed by atoms with Crippen LogP contribution in [0, 0.1) is 5.41 Å². The van der Waals surface area contributed by atoms with Crippen molar-refractivity contribution in [3.63, 3.8) is 0 Å². The van der Waals surface area contributed by atoms with Gasteiger partial charge in [-0.05, 0) is 20.3 Å². The molecule has 1 rings (SSSR count). The topological polar surface area (TPSA) is 18.5 Å². The van der Waals surface area contributed by atoms with E-state index in [9.17, 15) is 0 Å². The Morgan fingerprint density at radius 3 is 1.91 bits per heavy atom. The number of hydrogen-bond donors (Lipinski definition) is 0. The van der Waals surface area contributed by atoms with Crippen LogP contribution in [-0.4, -0.2) is 19.0 Å². The summed E-state index contributed by atoms with van der Waals surface area (Å²) < 4.78 is 11.1. The van der Waals surface area contributed by atoms with Gasteiger partial charge in [0.15, 0.2) is 5.79 Å². The van der Waals surface area contributed by atoms with Crippen LogP contribution in [0.25, 0.3) is 0 Å². The van der Waals surface area contributed by atoms with Gasteiger partial charge in [-0.25, -0.2) is 0 Å². The fourth-order valence-corrected chi connectivity index (χ4v) is 0.984. The molecule has 0 radical (unpaired) electrons. The van der Waals surface area contributed by atoms with E-state index in [0.717, 1.165) is 19.6 Å². The van der Waals surface area contributed by atoms with Crippen LogP contribution >= 0.6 is 0 Å². The molecule has 0 saturated carbocycles. The van der Waals surface area contributed by atoms with E-state index in [2.05, 4.69) is 13.8 Å². The fraction of sp³-hybridized carbons (Fsp3) is 1.00. The molecule has 1 heterocycles. The third-order valence-corrected chi connectivity index (χ3v) is 2.39. The summed E-state index contributed by atoms with van der Waals surface area (Å²) >= 11 is 0. The van der Waals surface area contributed by atoms with Gasteiger partial charge in [-0.1, -0.05) is 13.8 Å². The van der Waals surface area contributed by atoms with E-state index < -0.39 is 0 Å². The van der Waals surface area contributed by atoms with Crippen molar-refractivity contribution < 1.29 is 9.47 Å². The Morgan fingerprint density at radius 1 is 1.09 bits per heavy atom. The van der Waals surface area contributed by atoms with Gasteiger partial charge in [0, 0.05) is 5.41 Å². The van der Waals surface area contributed by atoms with Crippen LogP contribution in [0.1, 0.15) is 34.1 Å². The monoisotopic (exact) mass is 158 g/mol. The summed E-state index contributed by atoms with van der Waals surface area (Å²) in [7, 11) is 0. The lowest BCUT2D eigenvalue weighted by Crippen LogP contribution is -2.44. The zero-order chi connectivity index (χ0) is 8.54. The molecule has 1 aliphatic heterocycles. The van der Waals surface area contributed by atoms with Gasteiger partial charge in [0.05, 0.1) is 13.2 Å². The van der Waals surface area contributed by atoms with Gasteiger partial charge in [-0.3, -0.25) is 0 Å². The minimum atomic E-state index is -0.366. The lowest BCUT2D eigenvalue weighted by Gasteiger charge is -2.40. The highest BCUT2D eigenvalue weighted by Gasteiger charge is 2.34. The Labute approximate surface area is 68.9 Å². The van der Waals surface area contributed by atoms with Crippen molar-refractivity contribution in [3.8, 4) is 0 Å². The molecule has 1 saturated heterocycles. The molecule has 0 N–H and O–H groups in total. The molecule has 0 bridgehead atoms. The van der Waals surface area contributed by atoms with Gasteiger partial charge in [0.25, 0.3) is 0 Å². The first-order valence-electron chi connectivity index (χ1n) is 4.25. The molecule has 0 aromatic heterocycles. The first-order chi connectivity index (χ1) is 4.97. The van der Waals surface area contributed by atoms with E-state index in [4.69, 9.17) is 9.47 Å². The molecule has 0 aromatic carbocycles. The van der Waals surface area contributed by atoms with Crippen molar-refractivity contribution >= 4 is 0 Å². The lowest BCUT2D eigenvalue weighted by molar-refractivity contribution is -0.282. The first kappa shape index (κ1) is 9.01. The average molecular weight is 158 g/mol. The molecule has 2 heteroatoms. The minimum absolute atomic E-state index is 0.232. The van der Waals surface area contributed by atoms with Crippen molar-refractivity contribution in [3.05, 3.63) is 0 Å². The van der Waals surface area contributed by atoms with Crippen LogP contribution in [-0.2, 0) is 9.47 Å². The number of rotatable bonds is 1. The Hall–Kier alpha value is -0.0800. The van der Waals surface area contributed by atoms with Crippen LogP contribution in [0.2, 0.25) is 0 Å². The number of ether oxygens (including phenoxy) is 2. The van der Waals surface area contributed by atoms with Crippen LogP contribution < -0.4 is 0 Å². The molecule has 0 unspecified atom stereocenters. The van der Waals surface area contributed by atoms with Crippen LogP contribution in [0.4, 0.5) is 0 Å². The predicted molar refractivity (Wildman–Crippen MR) is 44.4 cm³/mol. The second-order valence-electron chi connectivity index (χ2n) is 4.14. The van der Waals surface area contributed by atoms with Crippen LogP contribution in [0.5, 0.6) is 0 Å². The van der Waals surface area contributed by atoms with Crippen molar-refractivity contribution in [2.45, 2.75) is 39.9 Å². The van der Waals surface area contributed by atoms with Gasteiger partial charge < -0.3 is 9.47 Å². The van der Waals surface area contributed by atoms with Gasteiger partial charge in [0.1, 0.15) is 0 Å². The molecule has 66 valence electrons. The fourth-order valence-electron chi connectivity index (χ4n) is 0.984. The molecule has 0 amide bonds. The molecule has 2 nitrogen and oxygen atoms in total. The normalized spacial score (nSPS) is 28.4. The summed E-state index contributed by atoms with van der Waals surface area (Å²) in [6.45, 7) is 9.92. The summed E-state index contributed by atoms with van der Waals surface area (Å²) in [5.74, 6) is -0.366. The quantitative estimate of drug-likeness (QED) is 0.582. The van der Waals surface area contributed by atoms with Crippen molar-refractivity contribution in [1.82, 2.24) is 0 Å². The molecule has 0 atom stereocenters. The second-order valence-corrected chi connectivity index (χ2v) is 4.14. The van der Waals surface area contributed by atoms with E-state index >= 15 is 0 Å². The lowest BCUT2D eigenvalue weighted by atomic mass is 9.89. The maximum atomic E-state index is 5.55. The molecule has 1 aliphatic rings. The minimum Gasteiger partial charge on any atom is -0.350 e. The van der Waals surface area contributed by atoms with Crippen LogP contribution in [0.3, 0.4) is 0 Å². The van der Waals surface area contributed by atoms with Crippen molar-refractivity contribution in [1.29, 1.82) is 0 Å². The molecule has 0 aromatic rings. The summed E-state index contributed by atoms with van der Waals surface area (Å²) in [4.78, 5) is 0. The Kier molecular flexibility index (Phi) is 2.26. The summed E-state index contributed by atoms with van der Waals surface area (Å²) in [6.07, 6.45) is 1.11. The average Bonchev–Trinajstić information content (AvgIpc) is 1.97. The van der Waals surface area contributed by atoms with E-state index in [-0.39, 0.29) is 11.2 Å². The molecular weight excluding hydrogens is 140 g/mol. The maximum Gasteiger partial charge on any atom is 0.162 e. The molecule has 11 heavy (non-hydrogen) atoms. The van der Waals surface area contributed by atoms with Crippen LogP contribution in [0.15, 0.2) is 0 Å². The zero-order valence-electron chi connectivity index (χ0n) is 7.94. The van der Waals surface area contributed by atoms with E-state index in [0.29, 0.717) is 0 Å². The molecular formula is C9H18O2. The summed E-state index contributed by atoms with van der Waals surface area (Å²) in [6, 6.07) is 0. The van der Waals surface area contributed by atoms with Gasteiger partial charge in [-0.15, -0.1) is 0 Å². The predicted octanol–water partition coefficient (Wildman–Crippen LogP) is 2.19. The third kappa shape index (κ3) is 2.17. The van der Waals surface area contributed by atoms with Crippen molar-refractivity contribution in [2.75, 3.05) is 13.2 Å². The first-order valence-corrected chi connectivity index (χ1v) is 4.25. The maximum absolute atomic E-state index is 5.55. The molecule has 0 aliphatic carbocycles. The highest BCUT2D eigenvalue weighted by molar-refractivity contribution is 4.77. The van der Waals surface area contributed by atoms with E-state index in [1.165, 1.54) is 0 Å².